The van der Waals surface area contributed by atoms with Crippen molar-refractivity contribution >= 4 is 15.9 Å². The van der Waals surface area contributed by atoms with E-state index in [-0.39, 0.29) is 11.1 Å². The van der Waals surface area contributed by atoms with Gasteiger partial charge in [0, 0.05) is 12.8 Å². The minimum atomic E-state index is -0.0266. The minimum absolute atomic E-state index is 0.0266. The molecule has 1 fully saturated rings. The maximum absolute atomic E-state index is 5.66. The zero-order valence-electron chi connectivity index (χ0n) is 10.7. The van der Waals surface area contributed by atoms with Crippen LogP contribution < -0.4 is 0 Å². The topological polar surface area (TPSA) is 49.2 Å². The van der Waals surface area contributed by atoms with Gasteiger partial charge in [-0.05, 0) is 25.7 Å². The molecule has 0 aliphatic carbocycles. The number of rotatable bonds is 6. The van der Waals surface area contributed by atoms with Crippen molar-refractivity contribution in [2.45, 2.75) is 50.3 Å². The molecule has 0 N–H and O–H groups in total. The number of nitrogens with zero attached hydrogens (tertiary/aromatic N) is 3. The molecule has 6 heteroatoms. The average Bonchev–Trinajstić information content (AvgIpc) is 2.88. The van der Waals surface area contributed by atoms with Crippen molar-refractivity contribution in [2.24, 2.45) is 0 Å². The van der Waals surface area contributed by atoms with Crippen molar-refractivity contribution in [3.63, 3.8) is 0 Å². The van der Waals surface area contributed by atoms with Crippen molar-refractivity contribution in [3.05, 3.63) is 11.9 Å². The van der Waals surface area contributed by atoms with E-state index in [1.54, 1.807) is 0 Å². The van der Waals surface area contributed by atoms with E-state index in [9.17, 15) is 0 Å². The highest BCUT2D eigenvalue weighted by molar-refractivity contribution is 9.09. The normalized spacial score (nSPS) is 22.0. The maximum atomic E-state index is 5.66. The van der Waals surface area contributed by atoms with Gasteiger partial charge in [0.1, 0.15) is 0 Å². The molecule has 0 bridgehead atoms. The third-order valence-corrected chi connectivity index (χ3v) is 4.11. The number of alkyl halides is 1. The van der Waals surface area contributed by atoms with E-state index in [1.807, 2.05) is 10.9 Å². The number of halogens is 1. The smallest absolute Gasteiger partial charge is 0.157 e. The Morgan fingerprint density at radius 1 is 1.61 bits per heavy atom. The molecule has 5 nitrogen and oxygen atoms in total. The van der Waals surface area contributed by atoms with Crippen LogP contribution in [0.3, 0.4) is 0 Å². The molecule has 0 spiro atoms. The molecule has 0 amide bonds. The lowest BCUT2D eigenvalue weighted by Crippen LogP contribution is -2.24. The van der Waals surface area contributed by atoms with Crippen LogP contribution in [-0.2, 0) is 16.0 Å². The van der Waals surface area contributed by atoms with Crippen LogP contribution in [0.2, 0.25) is 0 Å². The monoisotopic (exact) mass is 317 g/mol. The van der Waals surface area contributed by atoms with Gasteiger partial charge in [-0.15, -0.1) is 5.10 Å². The average molecular weight is 318 g/mol. The molecule has 2 heterocycles. The molecule has 1 aromatic rings. The summed E-state index contributed by atoms with van der Waals surface area (Å²) >= 11 is 3.56. The van der Waals surface area contributed by atoms with Gasteiger partial charge in [-0.2, -0.15) is 0 Å². The third kappa shape index (κ3) is 4.03. The van der Waals surface area contributed by atoms with E-state index in [4.69, 9.17) is 9.47 Å². The van der Waals surface area contributed by atoms with Crippen molar-refractivity contribution in [1.82, 2.24) is 15.0 Å². The molecule has 102 valence electrons. The van der Waals surface area contributed by atoms with E-state index in [0.29, 0.717) is 6.61 Å². The fourth-order valence-corrected chi connectivity index (χ4v) is 2.11. The van der Waals surface area contributed by atoms with Gasteiger partial charge < -0.3 is 9.47 Å². The summed E-state index contributed by atoms with van der Waals surface area (Å²) in [5, 5.41) is 8.22. The molecule has 1 aliphatic heterocycles. The van der Waals surface area contributed by atoms with Crippen LogP contribution in [0, 0.1) is 0 Å². The Morgan fingerprint density at radius 2 is 2.50 bits per heavy atom. The first kappa shape index (κ1) is 14.0. The Hall–Kier alpha value is -0.460. The second-order valence-corrected chi connectivity index (χ2v) is 5.55. The SMILES string of the molecule is CCC(Br)c1cn(CCOC2CCCCO2)nn1. The van der Waals surface area contributed by atoms with Gasteiger partial charge in [0.15, 0.2) is 6.29 Å². The van der Waals surface area contributed by atoms with E-state index in [2.05, 4.69) is 33.2 Å². The lowest BCUT2D eigenvalue weighted by atomic mass is 10.2. The van der Waals surface area contributed by atoms with Gasteiger partial charge in [-0.25, -0.2) is 4.68 Å². The zero-order valence-corrected chi connectivity index (χ0v) is 12.3. The summed E-state index contributed by atoms with van der Waals surface area (Å²) in [5.41, 5.74) is 0.978. The molecule has 18 heavy (non-hydrogen) atoms. The van der Waals surface area contributed by atoms with E-state index in [1.165, 1.54) is 6.42 Å². The Kier molecular flexibility index (Phi) is 5.59. The molecule has 2 unspecified atom stereocenters. The highest BCUT2D eigenvalue weighted by atomic mass is 79.9. The predicted molar refractivity (Wildman–Crippen MR) is 71.5 cm³/mol. The molecule has 2 rings (SSSR count). The van der Waals surface area contributed by atoms with Gasteiger partial charge >= 0.3 is 0 Å². The Labute approximate surface area is 116 Å². The van der Waals surface area contributed by atoms with E-state index < -0.39 is 0 Å². The molecule has 1 aromatic heterocycles. The van der Waals surface area contributed by atoms with Gasteiger partial charge in [0.2, 0.25) is 0 Å². The van der Waals surface area contributed by atoms with E-state index >= 15 is 0 Å². The molecular formula is C12H20BrN3O2. The summed E-state index contributed by atoms with van der Waals surface area (Å²) in [6.45, 7) is 4.27. The maximum Gasteiger partial charge on any atom is 0.157 e. The molecule has 2 atom stereocenters. The lowest BCUT2D eigenvalue weighted by molar-refractivity contribution is -0.163. The van der Waals surface area contributed by atoms with Crippen molar-refractivity contribution in [1.29, 1.82) is 0 Å². The van der Waals surface area contributed by atoms with Gasteiger partial charge in [-0.3, -0.25) is 0 Å². The molecule has 0 aromatic carbocycles. The Balaban J connectivity index is 1.71. The highest BCUT2D eigenvalue weighted by Crippen LogP contribution is 2.23. The molecular weight excluding hydrogens is 298 g/mol. The molecule has 0 saturated carbocycles. The number of ether oxygens (including phenoxy) is 2. The van der Waals surface area contributed by atoms with Crippen molar-refractivity contribution in [3.8, 4) is 0 Å². The van der Waals surface area contributed by atoms with Crippen molar-refractivity contribution < 1.29 is 9.47 Å². The first-order valence-electron chi connectivity index (χ1n) is 6.57. The van der Waals surface area contributed by atoms with Crippen LogP contribution in [0.15, 0.2) is 6.20 Å². The van der Waals surface area contributed by atoms with Gasteiger partial charge in [0.05, 0.1) is 23.7 Å². The minimum Gasteiger partial charge on any atom is -0.353 e. The summed E-state index contributed by atoms with van der Waals surface area (Å²) in [4.78, 5) is 0.286. The second-order valence-electron chi connectivity index (χ2n) is 4.45. The Bertz CT molecular complexity index is 353. The van der Waals surface area contributed by atoms with Gasteiger partial charge in [0.25, 0.3) is 0 Å². The summed E-state index contributed by atoms with van der Waals surface area (Å²) in [6, 6.07) is 0. The van der Waals surface area contributed by atoms with Crippen LogP contribution in [0.4, 0.5) is 0 Å². The first-order valence-corrected chi connectivity index (χ1v) is 7.48. The summed E-state index contributed by atoms with van der Waals surface area (Å²) in [6.07, 6.45) is 6.29. The lowest BCUT2D eigenvalue weighted by Gasteiger charge is -2.22. The third-order valence-electron chi connectivity index (χ3n) is 3.00. The summed E-state index contributed by atoms with van der Waals surface area (Å²) in [7, 11) is 0. The first-order chi connectivity index (χ1) is 8.79. The fraction of sp³-hybridized carbons (Fsp3) is 0.833. The van der Waals surface area contributed by atoms with Crippen LogP contribution in [0.1, 0.15) is 43.1 Å². The zero-order chi connectivity index (χ0) is 12.8. The van der Waals surface area contributed by atoms with Crippen LogP contribution in [-0.4, -0.2) is 34.5 Å². The van der Waals surface area contributed by atoms with Crippen LogP contribution in [0.5, 0.6) is 0 Å². The molecule has 1 saturated heterocycles. The largest absolute Gasteiger partial charge is 0.353 e. The van der Waals surface area contributed by atoms with E-state index in [0.717, 1.165) is 38.1 Å². The van der Waals surface area contributed by atoms with Crippen LogP contribution in [0.25, 0.3) is 0 Å². The molecule has 0 radical (unpaired) electrons. The predicted octanol–water partition coefficient (Wildman–Crippen LogP) is 2.67. The second kappa shape index (κ2) is 7.21. The van der Waals surface area contributed by atoms with Crippen LogP contribution >= 0.6 is 15.9 Å². The number of hydrogen-bond donors (Lipinski definition) is 0. The number of aromatic nitrogens is 3. The summed E-state index contributed by atoms with van der Waals surface area (Å²) < 4.78 is 13.0. The molecule has 1 aliphatic rings. The Morgan fingerprint density at radius 3 is 3.22 bits per heavy atom. The standard InChI is InChI=1S/C12H20BrN3O2/c1-2-10(13)11-9-16(15-14-11)6-8-18-12-5-3-4-7-17-12/h9-10,12H,2-8H2,1H3. The number of hydrogen-bond acceptors (Lipinski definition) is 4. The summed E-state index contributed by atoms with van der Waals surface area (Å²) in [5.74, 6) is 0. The fourth-order valence-electron chi connectivity index (χ4n) is 1.90. The van der Waals surface area contributed by atoms with Crippen molar-refractivity contribution in [2.75, 3.05) is 13.2 Å². The quantitative estimate of drug-likeness (QED) is 0.757. The highest BCUT2D eigenvalue weighted by Gasteiger charge is 2.14. The van der Waals surface area contributed by atoms with Gasteiger partial charge in [-0.1, -0.05) is 28.1 Å².